The molecule has 1 atom stereocenters. The van der Waals surface area contributed by atoms with Crippen LogP contribution in [-0.2, 0) is 24.3 Å². The summed E-state index contributed by atoms with van der Waals surface area (Å²) in [6.45, 7) is 4.77. The van der Waals surface area contributed by atoms with Gasteiger partial charge in [-0.3, -0.25) is 0 Å². The molecular formula is C19H28FIN6O2. The number of aryl methyl sites for hydroxylation is 1. The Morgan fingerprint density at radius 1 is 1.41 bits per heavy atom. The van der Waals surface area contributed by atoms with E-state index in [2.05, 4.69) is 25.7 Å². The van der Waals surface area contributed by atoms with E-state index in [0.717, 1.165) is 37.7 Å². The van der Waals surface area contributed by atoms with Crippen LogP contribution >= 0.6 is 24.0 Å². The van der Waals surface area contributed by atoms with Crippen LogP contribution in [-0.4, -0.2) is 53.6 Å². The minimum Gasteiger partial charge on any atom is -0.492 e. The standard InChI is InChI=1S/C19H27FN6O2.HI/c1-3-21-19(22-9-10-28-16-6-4-5-14(20)11-16)23-15-7-8-18-24-17(13-27-2)25-26(18)12-15;/h4-6,11,15H,3,7-10,12-13H2,1-2H3,(H2,21,22,23);1H. The third-order valence-corrected chi connectivity index (χ3v) is 4.29. The fraction of sp³-hybridized carbons (Fsp3) is 0.526. The van der Waals surface area contributed by atoms with Gasteiger partial charge < -0.3 is 20.1 Å². The van der Waals surface area contributed by atoms with Gasteiger partial charge in [0.25, 0.3) is 0 Å². The number of rotatable bonds is 8. The van der Waals surface area contributed by atoms with Gasteiger partial charge in [0.1, 0.15) is 30.6 Å². The summed E-state index contributed by atoms with van der Waals surface area (Å²) in [6, 6.07) is 6.32. The van der Waals surface area contributed by atoms with Crippen molar-refractivity contribution >= 4 is 29.9 Å². The van der Waals surface area contributed by atoms with Crippen LogP contribution in [0.4, 0.5) is 4.39 Å². The number of aliphatic imine (C=N–C) groups is 1. The zero-order valence-electron chi connectivity index (χ0n) is 16.7. The lowest BCUT2D eigenvalue weighted by molar-refractivity contribution is 0.177. The lowest BCUT2D eigenvalue weighted by atomic mass is 10.1. The van der Waals surface area contributed by atoms with Crippen molar-refractivity contribution in [3.8, 4) is 5.75 Å². The summed E-state index contributed by atoms with van der Waals surface area (Å²) in [5.74, 6) is 2.64. The number of hydrogen-bond donors (Lipinski definition) is 2. The first-order valence-corrected chi connectivity index (χ1v) is 9.52. The number of hydrogen-bond acceptors (Lipinski definition) is 5. The van der Waals surface area contributed by atoms with Gasteiger partial charge in [0.05, 0.1) is 13.1 Å². The highest BCUT2D eigenvalue weighted by Crippen LogP contribution is 2.14. The van der Waals surface area contributed by atoms with Crippen molar-refractivity contribution in [3.63, 3.8) is 0 Å². The number of methoxy groups -OCH3 is 1. The van der Waals surface area contributed by atoms with Crippen LogP contribution in [0.2, 0.25) is 0 Å². The minimum atomic E-state index is -0.311. The second-order valence-corrected chi connectivity index (χ2v) is 6.51. The number of aromatic nitrogens is 3. The molecule has 1 aromatic carbocycles. The van der Waals surface area contributed by atoms with E-state index < -0.39 is 0 Å². The second kappa shape index (κ2) is 11.9. The largest absolute Gasteiger partial charge is 0.492 e. The number of nitrogens with one attached hydrogen (secondary N) is 2. The minimum absolute atomic E-state index is 0. The lowest BCUT2D eigenvalue weighted by Crippen LogP contribution is -2.47. The third-order valence-electron chi connectivity index (χ3n) is 4.29. The summed E-state index contributed by atoms with van der Waals surface area (Å²) in [6.07, 6.45) is 1.81. The smallest absolute Gasteiger partial charge is 0.191 e. The van der Waals surface area contributed by atoms with Crippen molar-refractivity contribution in [2.24, 2.45) is 4.99 Å². The highest BCUT2D eigenvalue weighted by atomic mass is 127. The van der Waals surface area contributed by atoms with E-state index in [9.17, 15) is 4.39 Å². The van der Waals surface area contributed by atoms with Crippen LogP contribution in [0.25, 0.3) is 0 Å². The summed E-state index contributed by atoms with van der Waals surface area (Å²) < 4.78 is 25.8. The van der Waals surface area contributed by atoms with Gasteiger partial charge >= 0.3 is 0 Å². The normalized spacial score (nSPS) is 16.0. The Balaban J connectivity index is 0.00000300. The van der Waals surface area contributed by atoms with E-state index in [1.54, 1.807) is 19.2 Å². The zero-order chi connectivity index (χ0) is 19.8. The highest BCUT2D eigenvalue weighted by molar-refractivity contribution is 14.0. The van der Waals surface area contributed by atoms with Gasteiger partial charge in [-0.25, -0.2) is 19.0 Å². The van der Waals surface area contributed by atoms with E-state index in [0.29, 0.717) is 31.3 Å². The molecule has 2 heterocycles. The topological polar surface area (TPSA) is 85.6 Å². The van der Waals surface area contributed by atoms with Crippen LogP contribution < -0.4 is 15.4 Å². The van der Waals surface area contributed by atoms with Crippen LogP contribution in [0.5, 0.6) is 5.75 Å². The average Bonchev–Trinajstić information content (AvgIpc) is 3.07. The number of fused-ring (bicyclic) bond motifs is 1. The highest BCUT2D eigenvalue weighted by Gasteiger charge is 2.22. The summed E-state index contributed by atoms with van der Waals surface area (Å²) in [5.41, 5.74) is 0. The molecule has 0 amide bonds. The lowest BCUT2D eigenvalue weighted by Gasteiger charge is -2.25. The van der Waals surface area contributed by atoms with Crippen LogP contribution in [0, 0.1) is 5.82 Å². The van der Waals surface area contributed by atoms with Gasteiger partial charge in [-0.15, -0.1) is 24.0 Å². The van der Waals surface area contributed by atoms with Gasteiger partial charge in [0.2, 0.25) is 0 Å². The molecule has 0 radical (unpaired) electrons. The number of nitrogens with zero attached hydrogens (tertiary/aromatic N) is 4. The van der Waals surface area contributed by atoms with Gasteiger partial charge in [-0.05, 0) is 25.5 Å². The molecule has 3 rings (SSSR count). The summed E-state index contributed by atoms with van der Waals surface area (Å²) in [7, 11) is 1.64. The molecule has 0 fully saturated rings. The molecule has 1 aliphatic rings. The Morgan fingerprint density at radius 3 is 3.03 bits per heavy atom. The predicted octanol–water partition coefficient (Wildman–Crippen LogP) is 2.13. The molecule has 0 saturated carbocycles. The first-order valence-electron chi connectivity index (χ1n) is 9.52. The Morgan fingerprint density at radius 2 is 2.28 bits per heavy atom. The third kappa shape index (κ3) is 7.11. The molecule has 1 aliphatic heterocycles. The molecule has 1 aromatic heterocycles. The number of guanidine groups is 1. The molecule has 10 heteroatoms. The Kier molecular flexibility index (Phi) is 9.58. The van der Waals surface area contributed by atoms with Crippen molar-refractivity contribution < 1.29 is 13.9 Å². The summed E-state index contributed by atoms with van der Waals surface area (Å²) in [4.78, 5) is 9.04. The van der Waals surface area contributed by atoms with Crippen molar-refractivity contribution in [2.75, 3.05) is 26.8 Å². The molecule has 2 aromatic rings. The van der Waals surface area contributed by atoms with E-state index in [4.69, 9.17) is 9.47 Å². The molecule has 1 unspecified atom stereocenters. The van der Waals surface area contributed by atoms with Gasteiger partial charge in [-0.2, -0.15) is 5.10 Å². The average molecular weight is 518 g/mol. The number of ether oxygens (including phenoxy) is 2. The van der Waals surface area contributed by atoms with E-state index in [1.165, 1.54) is 12.1 Å². The summed E-state index contributed by atoms with van der Waals surface area (Å²) in [5, 5.41) is 11.2. The molecule has 0 bridgehead atoms. The Labute approximate surface area is 187 Å². The van der Waals surface area contributed by atoms with E-state index >= 15 is 0 Å². The molecule has 2 N–H and O–H groups in total. The quantitative estimate of drug-likeness (QED) is 0.241. The molecular weight excluding hydrogens is 490 g/mol. The Hall–Kier alpha value is -1.95. The van der Waals surface area contributed by atoms with Crippen LogP contribution in [0.1, 0.15) is 25.0 Å². The SMILES string of the molecule is CCNC(=NCCOc1cccc(F)c1)NC1CCc2nc(COC)nn2C1.I. The van der Waals surface area contributed by atoms with E-state index in [1.807, 2.05) is 11.6 Å². The molecule has 0 aliphatic carbocycles. The molecule has 8 nitrogen and oxygen atoms in total. The van der Waals surface area contributed by atoms with Crippen molar-refractivity contribution in [1.29, 1.82) is 0 Å². The summed E-state index contributed by atoms with van der Waals surface area (Å²) >= 11 is 0. The maximum Gasteiger partial charge on any atom is 0.191 e. The first-order chi connectivity index (χ1) is 13.7. The van der Waals surface area contributed by atoms with Crippen molar-refractivity contribution in [2.45, 2.75) is 39.0 Å². The molecule has 0 saturated heterocycles. The van der Waals surface area contributed by atoms with Crippen LogP contribution in [0.3, 0.4) is 0 Å². The first kappa shape index (κ1) is 23.3. The molecule has 0 spiro atoms. The number of halogens is 2. The zero-order valence-corrected chi connectivity index (χ0v) is 19.1. The fourth-order valence-corrected chi connectivity index (χ4v) is 3.06. The Bertz CT molecular complexity index is 801. The van der Waals surface area contributed by atoms with Gasteiger partial charge in [-0.1, -0.05) is 6.07 Å². The van der Waals surface area contributed by atoms with Crippen molar-refractivity contribution in [3.05, 3.63) is 41.7 Å². The maximum atomic E-state index is 13.2. The van der Waals surface area contributed by atoms with Crippen molar-refractivity contribution in [1.82, 2.24) is 25.4 Å². The van der Waals surface area contributed by atoms with E-state index in [-0.39, 0.29) is 35.8 Å². The van der Waals surface area contributed by atoms with Gasteiger partial charge in [0, 0.05) is 32.2 Å². The fourth-order valence-electron chi connectivity index (χ4n) is 3.06. The molecule has 160 valence electrons. The predicted molar refractivity (Wildman–Crippen MR) is 119 cm³/mol. The number of benzene rings is 1. The molecule has 29 heavy (non-hydrogen) atoms. The monoisotopic (exact) mass is 518 g/mol. The second-order valence-electron chi connectivity index (χ2n) is 6.51. The maximum absolute atomic E-state index is 13.2. The van der Waals surface area contributed by atoms with Crippen LogP contribution in [0.15, 0.2) is 29.3 Å². The van der Waals surface area contributed by atoms with Gasteiger partial charge in [0.15, 0.2) is 11.8 Å².